The molecule has 2 unspecified atom stereocenters. The van der Waals surface area contributed by atoms with Crippen LogP contribution in [0.5, 0.6) is 0 Å². The molecule has 1 aromatic carbocycles. The van der Waals surface area contributed by atoms with Gasteiger partial charge in [-0.05, 0) is 0 Å². The molecule has 0 aromatic heterocycles. The van der Waals surface area contributed by atoms with Crippen molar-refractivity contribution in [2.75, 3.05) is 11.5 Å². The van der Waals surface area contributed by atoms with Gasteiger partial charge in [0.25, 0.3) is 0 Å². The van der Waals surface area contributed by atoms with E-state index in [0.29, 0.717) is 0 Å². The predicted molar refractivity (Wildman–Crippen MR) is 87.5 cm³/mol. The van der Waals surface area contributed by atoms with Gasteiger partial charge in [0.15, 0.2) is 0 Å². The number of hydrogen-bond acceptors (Lipinski definition) is 2. The van der Waals surface area contributed by atoms with Crippen LogP contribution in [0.25, 0.3) is 0 Å². The monoisotopic (exact) mass is 510 g/mol. The molecule has 2 atom stereocenters. The summed E-state index contributed by atoms with van der Waals surface area (Å²) in [6.45, 7) is 0. The van der Waals surface area contributed by atoms with Crippen LogP contribution in [0.1, 0.15) is 11.1 Å². The Morgan fingerprint density at radius 3 is 1.56 bits per heavy atom. The molecular formula is C14H18S2Te2. The van der Waals surface area contributed by atoms with Gasteiger partial charge in [-0.3, -0.25) is 0 Å². The minimum atomic E-state index is 0.259. The SMILES string of the molecule is c1cc(C[Te]CC2CS2)ccc1C[Te]CC1CS1. The Bertz CT molecular complexity index is 335. The summed E-state index contributed by atoms with van der Waals surface area (Å²) >= 11 is 4.83. The fraction of sp³-hybridized carbons (Fsp3) is 0.571. The van der Waals surface area contributed by atoms with E-state index in [-0.39, 0.29) is 41.8 Å². The van der Waals surface area contributed by atoms with E-state index in [4.69, 9.17) is 0 Å². The molecule has 2 fully saturated rings. The van der Waals surface area contributed by atoms with Crippen molar-refractivity contribution in [3.8, 4) is 0 Å². The molecule has 0 aliphatic carbocycles. The zero-order chi connectivity index (χ0) is 12.2. The van der Waals surface area contributed by atoms with E-state index in [1.165, 1.54) is 20.4 Å². The Hall–Kier alpha value is 1.50. The fourth-order valence-electron chi connectivity index (χ4n) is 1.68. The summed E-state index contributed by atoms with van der Waals surface area (Å²) < 4.78 is 5.95. The van der Waals surface area contributed by atoms with Crippen LogP contribution in [0.4, 0.5) is 0 Å². The second kappa shape index (κ2) is 7.49. The molecule has 18 heavy (non-hydrogen) atoms. The second-order valence-corrected chi connectivity index (χ2v) is 13.3. The minimum absolute atomic E-state index is 0.259. The first-order valence-corrected chi connectivity index (χ1v) is 15.1. The van der Waals surface area contributed by atoms with Gasteiger partial charge in [-0.2, -0.15) is 0 Å². The van der Waals surface area contributed by atoms with Gasteiger partial charge < -0.3 is 0 Å². The third kappa shape index (κ3) is 5.47. The first-order chi connectivity index (χ1) is 8.90. The van der Waals surface area contributed by atoms with Crippen molar-refractivity contribution in [1.82, 2.24) is 0 Å². The van der Waals surface area contributed by atoms with Crippen LogP contribution in [0.15, 0.2) is 24.3 Å². The number of rotatable bonds is 8. The van der Waals surface area contributed by atoms with Gasteiger partial charge in [0.2, 0.25) is 0 Å². The molecule has 0 nitrogen and oxygen atoms in total. The van der Waals surface area contributed by atoms with Crippen LogP contribution in [-0.2, 0) is 8.94 Å². The van der Waals surface area contributed by atoms with Crippen molar-refractivity contribution in [3.63, 3.8) is 0 Å². The van der Waals surface area contributed by atoms with Crippen molar-refractivity contribution in [2.24, 2.45) is 0 Å². The van der Waals surface area contributed by atoms with E-state index in [2.05, 4.69) is 47.8 Å². The first kappa shape index (κ1) is 14.4. The molecule has 0 bridgehead atoms. The summed E-state index contributed by atoms with van der Waals surface area (Å²) in [5.41, 5.74) is 3.20. The normalized spacial score (nSPS) is 25.1. The molecule has 0 N–H and O–H groups in total. The summed E-state index contributed by atoms with van der Waals surface area (Å²) in [6, 6.07) is 9.61. The van der Waals surface area contributed by atoms with Crippen LogP contribution in [0.3, 0.4) is 0 Å². The third-order valence-electron chi connectivity index (χ3n) is 2.97. The second-order valence-electron chi connectivity index (χ2n) is 4.76. The van der Waals surface area contributed by atoms with Crippen LogP contribution >= 0.6 is 23.5 Å². The molecule has 2 saturated heterocycles. The van der Waals surface area contributed by atoms with E-state index < -0.39 is 0 Å². The molecule has 4 heteroatoms. The average molecular weight is 506 g/mol. The third-order valence-corrected chi connectivity index (χ3v) is 12.9. The molecule has 0 spiro atoms. The zero-order valence-electron chi connectivity index (χ0n) is 10.3. The van der Waals surface area contributed by atoms with Crippen molar-refractivity contribution >= 4 is 65.4 Å². The van der Waals surface area contributed by atoms with Gasteiger partial charge in [0.1, 0.15) is 0 Å². The van der Waals surface area contributed by atoms with Gasteiger partial charge in [0, 0.05) is 0 Å². The van der Waals surface area contributed by atoms with Crippen molar-refractivity contribution in [1.29, 1.82) is 0 Å². The topological polar surface area (TPSA) is 0 Å². The van der Waals surface area contributed by atoms with Gasteiger partial charge in [0.05, 0.1) is 0 Å². The van der Waals surface area contributed by atoms with Crippen molar-refractivity contribution in [3.05, 3.63) is 35.4 Å². The van der Waals surface area contributed by atoms with Crippen molar-refractivity contribution in [2.45, 2.75) is 28.4 Å². The number of thioether (sulfide) groups is 2. The van der Waals surface area contributed by atoms with Gasteiger partial charge in [-0.25, -0.2) is 0 Å². The van der Waals surface area contributed by atoms with E-state index in [1.807, 2.05) is 0 Å². The maximum absolute atomic E-state index is 2.40. The van der Waals surface area contributed by atoms with E-state index >= 15 is 0 Å². The average Bonchev–Trinajstić information content (AvgIpc) is 3.25. The summed E-state index contributed by atoms with van der Waals surface area (Å²) in [5, 5.41) is 2.13. The molecule has 0 saturated carbocycles. The number of benzene rings is 1. The Morgan fingerprint density at radius 2 is 1.22 bits per heavy atom. The van der Waals surface area contributed by atoms with Crippen LogP contribution in [-0.4, -0.2) is 63.9 Å². The van der Waals surface area contributed by atoms with Gasteiger partial charge in [-0.1, -0.05) is 0 Å². The molecule has 1 aromatic rings. The Kier molecular flexibility index (Phi) is 6.01. The first-order valence-electron chi connectivity index (χ1n) is 6.36. The quantitative estimate of drug-likeness (QED) is 0.393. The summed E-state index contributed by atoms with van der Waals surface area (Å²) in [6.07, 6.45) is 0. The molecule has 0 radical (unpaired) electrons. The zero-order valence-corrected chi connectivity index (χ0v) is 16.6. The number of hydrogen-bond donors (Lipinski definition) is 0. The predicted octanol–water partition coefficient (Wildman–Crippen LogP) is 3.16. The standard InChI is InChI=1S/C14H18S2Te2/c1-2-12(8-18-10-14-6-16-14)4-3-11(1)7-17-9-13-5-15-13/h1-4,13-14H,5-10H2. The molecule has 0 amide bonds. The Labute approximate surface area is 139 Å². The maximum atomic E-state index is 2.40. The van der Waals surface area contributed by atoms with E-state index in [1.54, 1.807) is 20.1 Å². The van der Waals surface area contributed by atoms with E-state index in [0.717, 1.165) is 10.5 Å². The van der Waals surface area contributed by atoms with Crippen LogP contribution in [0, 0.1) is 0 Å². The molecule has 2 aliphatic rings. The molecule has 2 heterocycles. The van der Waals surface area contributed by atoms with Crippen LogP contribution in [0.2, 0.25) is 8.94 Å². The summed E-state index contributed by atoms with van der Waals surface area (Å²) in [5.74, 6) is 2.90. The van der Waals surface area contributed by atoms with Crippen molar-refractivity contribution < 1.29 is 0 Å². The van der Waals surface area contributed by atoms with Gasteiger partial charge >= 0.3 is 141 Å². The fourth-order valence-corrected chi connectivity index (χ4v) is 11.5. The Balaban J connectivity index is 1.36. The van der Waals surface area contributed by atoms with Crippen LogP contribution < -0.4 is 0 Å². The molecule has 3 rings (SSSR count). The summed E-state index contributed by atoms with van der Waals surface area (Å²) in [4.78, 5) is 0. The Morgan fingerprint density at radius 1 is 0.833 bits per heavy atom. The molecular weight excluding hydrogens is 487 g/mol. The summed E-state index contributed by atoms with van der Waals surface area (Å²) in [7, 11) is 0. The van der Waals surface area contributed by atoms with E-state index in [9.17, 15) is 0 Å². The molecule has 2 aliphatic heterocycles. The molecule has 98 valence electrons. The van der Waals surface area contributed by atoms with Gasteiger partial charge in [-0.15, -0.1) is 0 Å².